The number of carbonyl (C=O) groups is 1. The van der Waals surface area contributed by atoms with Gasteiger partial charge in [-0.2, -0.15) is 0 Å². The number of methoxy groups -OCH3 is 1. The van der Waals surface area contributed by atoms with Gasteiger partial charge in [0.1, 0.15) is 17.0 Å². The highest BCUT2D eigenvalue weighted by atomic mass is 16.6. The van der Waals surface area contributed by atoms with E-state index in [1.807, 2.05) is 41.6 Å². The Hall–Kier alpha value is -3.22. The van der Waals surface area contributed by atoms with E-state index < -0.39 is 12.2 Å². The minimum Gasteiger partial charge on any atom is -0.496 e. The Balaban J connectivity index is 1.72. The first-order chi connectivity index (χ1) is 11.8. The number of ether oxygens (including phenoxy) is 2. The van der Waals surface area contributed by atoms with Crippen molar-refractivity contribution >= 4 is 17.3 Å². The number of esters is 1. The molecule has 1 aromatic heterocycles. The minimum atomic E-state index is -0.665. The molecule has 2 N–H and O–H groups in total. The monoisotopic (exact) mass is 324 g/mol. The molecule has 1 unspecified atom stereocenters. The molecule has 0 radical (unpaired) electrons. The molecule has 2 aromatic rings. The molecule has 0 amide bonds. The summed E-state index contributed by atoms with van der Waals surface area (Å²) in [4.78, 5) is 18.9. The van der Waals surface area contributed by atoms with Crippen LogP contribution in [-0.2, 0) is 4.74 Å². The quantitative estimate of drug-likeness (QED) is 0.838. The Morgan fingerprint density at radius 1 is 1.33 bits per heavy atom. The number of pyridine rings is 1. The standard InChI is InChI=1S/C17H16N4O3/c1-23-13-6-2-4-11-14(13)17(22)24-16(20-11)15-12(5-3-7-19-15)21-9-8-18-10-21/h2-9,16,18,20H,10H2,1H3. The Morgan fingerprint density at radius 3 is 3.04 bits per heavy atom. The van der Waals surface area contributed by atoms with E-state index in [1.165, 1.54) is 7.11 Å². The van der Waals surface area contributed by atoms with E-state index in [0.29, 0.717) is 29.4 Å². The first-order valence-electron chi connectivity index (χ1n) is 7.54. The molecular formula is C17H16N4O3. The minimum absolute atomic E-state index is 0.400. The molecule has 4 rings (SSSR count). The number of hydrogen-bond donors (Lipinski definition) is 2. The second kappa shape index (κ2) is 5.77. The molecule has 1 aromatic carbocycles. The fraction of sp³-hybridized carbons (Fsp3) is 0.176. The first kappa shape index (κ1) is 14.4. The average molecular weight is 324 g/mol. The number of hydrogen-bond acceptors (Lipinski definition) is 7. The number of fused-ring (bicyclic) bond motifs is 1. The molecule has 7 nitrogen and oxygen atoms in total. The molecule has 0 bridgehead atoms. The van der Waals surface area contributed by atoms with Crippen molar-refractivity contribution in [3.63, 3.8) is 0 Å². The zero-order valence-electron chi connectivity index (χ0n) is 13.0. The van der Waals surface area contributed by atoms with Crippen LogP contribution in [0.25, 0.3) is 0 Å². The molecule has 0 fully saturated rings. The zero-order valence-corrected chi connectivity index (χ0v) is 13.0. The van der Waals surface area contributed by atoms with Crippen molar-refractivity contribution < 1.29 is 14.3 Å². The third-order valence-electron chi connectivity index (χ3n) is 3.97. The van der Waals surface area contributed by atoms with E-state index in [1.54, 1.807) is 12.3 Å². The molecule has 1 atom stereocenters. The second-order valence-corrected chi connectivity index (χ2v) is 5.37. The molecule has 2 aliphatic heterocycles. The largest absolute Gasteiger partial charge is 0.496 e. The molecule has 24 heavy (non-hydrogen) atoms. The lowest BCUT2D eigenvalue weighted by Gasteiger charge is -2.29. The van der Waals surface area contributed by atoms with E-state index in [4.69, 9.17) is 9.47 Å². The Labute approximate surface area is 138 Å². The molecule has 7 heteroatoms. The molecule has 0 aliphatic carbocycles. The van der Waals surface area contributed by atoms with Gasteiger partial charge in [0.2, 0.25) is 6.23 Å². The van der Waals surface area contributed by atoms with Crippen molar-refractivity contribution in [2.24, 2.45) is 0 Å². The molecular weight excluding hydrogens is 308 g/mol. The lowest BCUT2D eigenvalue weighted by molar-refractivity contribution is 0.0319. The smallest absolute Gasteiger partial charge is 0.346 e. The fourth-order valence-corrected chi connectivity index (χ4v) is 2.86. The van der Waals surface area contributed by atoms with Gasteiger partial charge < -0.3 is 25.0 Å². The van der Waals surface area contributed by atoms with Gasteiger partial charge in [0.25, 0.3) is 0 Å². The topological polar surface area (TPSA) is 75.7 Å². The second-order valence-electron chi connectivity index (χ2n) is 5.37. The maximum Gasteiger partial charge on any atom is 0.346 e. The van der Waals surface area contributed by atoms with E-state index in [-0.39, 0.29) is 0 Å². The van der Waals surface area contributed by atoms with Crippen molar-refractivity contribution in [1.29, 1.82) is 0 Å². The SMILES string of the molecule is COc1cccc2c1C(=O)OC(c1ncccc1N1C=CNC1)N2. The van der Waals surface area contributed by atoms with Crippen LogP contribution >= 0.6 is 0 Å². The van der Waals surface area contributed by atoms with Crippen LogP contribution in [0, 0.1) is 0 Å². The predicted molar refractivity (Wildman–Crippen MR) is 88.6 cm³/mol. The van der Waals surface area contributed by atoms with E-state index in [2.05, 4.69) is 15.6 Å². The summed E-state index contributed by atoms with van der Waals surface area (Å²) in [6.07, 6.45) is 4.80. The van der Waals surface area contributed by atoms with Gasteiger partial charge in [0.05, 0.1) is 25.2 Å². The lowest BCUT2D eigenvalue weighted by Crippen LogP contribution is -2.29. The number of benzene rings is 1. The van der Waals surface area contributed by atoms with Crippen LogP contribution in [0.5, 0.6) is 5.75 Å². The van der Waals surface area contributed by atoms with Crippen LogP contribution in [0.4, 0.5) is 11.4 Å². The molecule has 3 heterocycles. The summed E-state index contributed by atoms with van der Waals surface area (Å²) in [7, 11) is 1.53. The summed E-state index contributed by atoms with van der Waals surface area (Å²) in [6, 6.07) is 9.18. The fourth-order valence-electron chi connectivity index (χ4n) is 2.86. The maximum absolute atomic E-state index is 12.5. The third kappa shape index (κ3) is 2.30. The van der Waals surface area contributed by atoms with E-state index >= 15 is 0 Å². The maximum atomic E-state index is 12.5. The van der Waals surface area contributed by atoms with Gasteiger partial charge in [-0.3, -0.25) is 4.98 Å². The Morgan fingerprint density at radius 2 is 2.25 bits per heavy atom. The summed E-state index contributed by atoms with van der Waals surface area (Å²) in [5, 5.41) is 6.34. The van der Waals surface area contributed by atoms with Gasteiger partial charge in [-0.05, 0) is 24.3 Å². The van der Waals surface area contributed by atoms with Gasteiger partial charge in [0.15, 0.2) is 0 Å². The van der Waals surface area contributed by atoms with Gasteiger partial charge in [-0.1, -0.05) is 6.07 Å². The van der Waals surface area contributed by atoms with Gasteiger partial charge in [0, 0.05) is 18.6 Å². The normalized spacial score (nSPS) is 18.5. The first-order valence-corrected chi connectivity index (χ1v) is 7.54. The molecule has 0 spiro atoms. The predicted octanol–water partition coefficient (Wildman–Crippen LogP) is 2.21. The molecule has 0 saturated heterocycles. The van der Waals surface area contributed by atoms with Crippen LogP contribution in [0.2, 0.25) is 0 Å². The number of nitrogens with zero attached hydrogens (tertiary/aromatic N) is 2. The summed E-state index contributed by atoms with van der Waals surface area (Å²) in [5.74, 6) is 0.0502. The van der Waals surface area contributed by atoms with Crippen molar-refractivity contribution in [2.45, 2.75) is 6.23 Å². The van der Waals surface area contributed by atoms with Crippen LogP contribution in [0.15, 0.2) is 48.9 Å². The average Bonchev–Trinajstić information content (AvgIpc) is 3.15. The van der Waals surface area contributed by atoms with Crippen LogP contribution < -0.4 is 20.3 Å². The van der Waals surface area contributed by atoms with Crippen molar-refractivity contribution in [3.8, 4) is 5.75 Å². The highest BCUT2D eigenvalue weighted by Crippen LogP contribution is 2.37. The lowest BCUT2D eigenvalue weighted by atomic mass is 10.1. The van der Waals surface area contributed by atoms with Gasteiger partial charge >= 0.3 is 5.97 Å². The van der Waals surface area contributed by atoms with Crippen LogP contribution in [-0.4, -0.2) is 24.7 Å². The number of nitrogens with one attached hydrogen (secondary N) is 2. The van der Waals surface area contributed by atoms with Crippen LogP contribution in [0.1, 0.15) is 22.3 Å². The van der Waals surface area contributed by atoms with Crippen molar-refractivity contribution in [3.05, 3.63) is 60.2 Å². The number of cyclic esters (lactones) is 1. The number of carbonyl (C=O) groups excluding carboxylic acids is 1. The van der Waals surface area contributed by atoms with Crippen molar-refractivity contribution in [1.82, 2.24) is 10.3 Å². The highest BCUT2D eigenvalue weighted by Gasteiger charge is 2.32. The molecule has 2 aliphatic rings. The number of rotatable bonds is 3. The summed E-state index contributed by atoms with van der Waals surface area (Å²) in [6.45, 7) is 0.643. The van der Waals surface area contributed by atoms with Crippen molar-refractivity contribution in [2.75, 3.05) is 24.0 Å². The molecule has 0 saturated carbocycles. The number of anilines is 2. The number of aromatic nitrogens is 1. The Bertz CT molecular complexity index is 821. The van der Waals surface area contributed by atoms with Gasteiger partial charge in [-0.15, -0.1) is 0 Å². The van der Waals surface area contributed by atoms with Crippen LogP contribution in [0.3, 0.4) is 0 Å². The highest BCUT2D eigenvalue weighted by molar-refractivity contribution is 6.00. The van der Waals surface area contributed by atoms with E-state index in [0.717, 1.165) is 5.69 Å². The third-order valence-corrected chi connectivity index (χ3v) is 3.97. The zero-order chi connectivity index (χ0) is 16.5. The summed E-state index contributed by atoms with van der Waals surface area (Å²) >= 11 is 0. The Kier molecular flexibility index (Phi) is 3.45. The van der Waals surface area contributed by atoms with Gasteiger partial charge in [-0.25, -0.2) is 4.79 Å². The molecule has 122 valence electrons. The van der Waals surface area contributed by atoms with E-state index in [9.17, 15) is 4.79 Å². The summed E-state index contributed by atoms with van der Waals surface area (Å²) in [5.41, 5.74) is 2.59. The summed E-state index contributed by atoms with van der Waals surface area (Å²) < 4.78 is 10.8.